The van der Waals surface area contributed by atoms with Gasteiger partial charge >= 0.3 is 0 Å². The van der Waals surface area contributed by atoms with Gasteiger partial charge in [0.1, 0.15) is 23.8 Å². The summed E-state index contributed by atoms with van der Waals surface area (Å²) in [6.07, 6.45) is 2.94. The van der Waals surface area contributed by atoms with Gasteiger partial charge in [0.2, 0.25) is 5.56 Å². The third-order valence-electron chi connectivity index (χ3n) is 6.85. The van der Waals surface area contributed by atoms with Crippen LogP contribution in [0.1, 0.15) is 18.2 Å². The molecule has 4 aromatic rings. The molecule has 1 fully saturated rings. The lowest BCUT2D eigenvalue weighted by Gasteiger charge is -2.17. The van der Waals surface area contributed by atoms with Gasteiger partial charge in [-0.25, -0.2) is 4.98 Å². The number of methoxy groups -OCH3 is 1. The zero-order valence-electron chi connectivity index (χ0n) is 22.2. The molecule has 0 aliphatic heterocycles. The second-order valence-corrected chi connectivity index (χ2v) is 16.6. The monoisotopic (exact) mass is 517 g/mol. The predicted octanol–water partition coefficient (Wildman–Crippen LogP) is 6.01. The summed E-state index contributed by atoms with van der Waals surface area (Å²) < 4.78 is 22.1. The van der Waals surface area contributed by atoms with Crippen molar-refractivity contribution in [2.24, 2.45) is 7.05 Å². The molecule has 0 radical (unpaired) electrons. The van der Waals surface area contributed by atoms with E-state index in [-0.39, 0.29) is 17.6 Å². The minimum absolute atomic E-state index is 0.0586. The van der Waals surface area contributed by atoms with Crippen molar-refractivity contribution in [3.8, 4) is 22.6 Å². The van der Waals surface area contributed by atoms with E-state index in [9.17, 15) is 4.79 Å². The third kappa shape index (κ3) is 5.56. The maximum absolute atomic E-state index is 12.1. The van der Waals surface area contributed by atoms with E-state index in [1.54, 1.807) is 24.8 Å². The number of pyridine rings is 1. The van der Waals surface area contributed by atoms with Crippen molar-refractivity contribution in [3.63, 3.8) is 0 Å². The Kier molecular flexibility index (Phi) is 7.07. The molecule has 0 saturated heterocycles. The molecule has 0 N–H and O–H groups in total. The summed E-state index contributed by atoms with van der Waals surface area (Å²) in [6.45, 7) is 8.24. The lowest BCUT2D eigenvalue weighted by Crippen LogP contribution is -2.22. The van der Waals surface area contributed by atoms with Crippen LogP contribution in [0.15, 0.2) is 65.6 Å². The second-order valence-electron chi connectivity index (χ2n) is 11.0. The Morgan fingerprint density at radius 2 is 1.84 bits per heavy atom. The molecule has 5 rings (SSSR count). The van der Waals surface area contributed by atoms with Crippen molar-refractivity contribution in [3.05, 3.63) is 77.0 Å². The summed E-state index contributed by atoms with van der Waals surface area (Å²) in [5.74, 6) is 2.58. The highest BCUT2D eigenvalue weighted by molar-refractivity contribution is 6.76. The van der Waals surface area contributed by atoms with Gasteiger partial charge in [-0.3, -0.25) is 4.79 Å². The molecule has 7 nitrogen and oxygen atoms in total. The highest BCUT2D eigenvalue weighted by atomic mass is 28.3. The van der Waals surface area contributed by atoms with Crippen LogP contribution < -0.4 is 10.3 Å². The molecule has 0 spiro atoms. The highest BCUT2D eigenvalue weighted by Gasteiger charge is 2.43. The maximum atomic E-state index is 12.1. The standard InChI is InChI=1S/C29H35N3O4Si/c1-31-18-20(11-14-26(31)33)22-12-13-24-27(28(22)36-21-9-7-6-8-10-21)30-29(23-17-25(23)34-2)32(24)19-35-15-16-37(3,4)5/h6-14,18,23,25H,15-17,19H2,1-5H3. The number of aromatic nitrogens is 3. The van der Waals surface area contributed by atoms with Gasteiger partial charge in [-0.05, 0) is 42.8 Å². The number of ether oxygens (including phenoxy) is 3. The Bertz CT molecular complexity index is 1460. The number of aryl methyl sites for hydroxylation is 1. The average molecular weight is 518 g/mol. The molecule has 194 valence electrons. The quantitative estimate of drug-likeness (QED) is 0.190. The molecule has 1 aliphatic rings. The summed E-state index contributed by atoms with van der Waals surface area (Å²) in [7, 11) is 2.32. The number of imidazole rings is 1. The molecule has 1 aliphatic carbocycles. The van der Waals surface area contributed by atoms with Gasteiger partial charge in [0, 0.05) is 58.1 Å². The van der Waals surface area contributed by atoms with Crippen LogP contribution in [0.5, 0.6) is 11.5 Å². The Morgan fingerprint density at radius 3 is 2.51 bits per heavy atom. The fourth-order valence-electron chi connectivity index (χ4n) is 4.53. The summed E-state index contributed by atoms with van der Waals surface area (Å²) in [5.41, 5.74) is 3.45. The summed E-state index contributed by atoms with van der Waals surface area (Å²) in [4.78, 5) is 17.2. The van der Waals surface area contributed by atoms with E-state index in [4.69, 9.17) is 19.2 Å². The summed E-state index contributed by atoms with van der Waals surface area (Å²) >= 11 is 0. The van der Waals surface area contributed by atoms with Crippen molar-refractivity contribution in [2.75, 3.05) is 13.7 Å². The van der Waals surface area contributed by atoms with Crippen LogP contribution in [0.25, 0.3) is 22.2 Å². The van der Waals surface area contributed by atoms with E-state index in [2.05, 4.69) is 30.3 Å². The van der Waals surface area contributed by atoms with Crippen LogP contribution in [0.3, 0.4) is 0 Å². The van der Waals surface area contributed by atoms with Crippen molar-refractivity contribution >= 4 is 19.1 Å². The Labute approximate surface area is 218 Å². The SMILES string of the molecule is COC1CC1c1nc2c(Oc3ccccc3)c(-c3ccc(=O)n(C)c3)ccc2n1COCC[Si](C)(C)C. The number of hydrogen-bond donors (Lipinski definition) is 0. The first-order valence-corrected chi connectivity index (χ1v) is 16.5. The smallest absolute Gasteiger partial charge is 0.250 e. The first kappa shape index (κ1) is 25.4. The predicted molar refractivity (Wildman–Crippen MR) is 149 cm³/mol. The number of para-hydroxylation sites is 1. The van der Waals surface area contributed by atoms with E-state index in [1.807, 2.05) is 48.7 Å². The number of nitrogens with zero attached hydrogens (tertiary/aromatic N) is 3. The Morgan fingerprint density at radius 1 is 1.05 bits per heavy atom. The Hall–Kier alpha value is -3.20. The zero-order chi connectivity index (χ0) is 26.2. The van der Waals surface area contributed by atoms with Gasteiger partial charge < -0.3 is 23.3 Å². The number of fused-ring (bicyclic) bond motifs is 1. The van der Waals surface area contributed by atoms with Gasteiger partial charge in [0.15, 0.2) is 5.75 Å². The molecule has 2 unspecified atom stereocenters. The minimum Gasteiger partial charge on any atom is -0.454 e. The molecule has 8 heteroatoms. The number of benzene rings is 2. The third-order valence-corrected chi connectivity index (χ3v) is 8.55. The van der Waals surface area contributed by atoms with Gasteiger partial charge in [-0.1, -0.05) is 37.8 Å². The van der Waals surface area contributed by atoms with Crippen molar-refractivity contribution < 1.29 is 14.2 Å². The van der Waals surface area contributed by atoms with E-state index in [0.717, 1.165) is 52.8 Å². The van der Waals surface area contributed by atoms with Crippen molar-refractivity contribution in [1.29, 1.82) is 0 Å². The van der Waals surface area contributed by atoms with Gasteiger partial charge in [0.05, 0.1) is 11.6 Å². The molecule has 1 saturated carbocycles. The number of hydrogen-bond acceptors (Lipinski definition) is 5. The largest absolute Gasteiger partial charge is 0.454 e. The highest BCUT2D eigenvalue weighted by Crippen LogP contribution is 2.46. The maximum Gasteiger partial charge on any atom is 0.250 e. The first-order chi connectivity index (χ1) is 17.7. The fraction of sp³-hybridized carbons (Fsp3) is 0.379. The molecule has 2 aromatic heterocycles. The number of rotatable bonds is 10. The van der Waals surface area contributed by atoms with Gasteiger partial charge in [0.25, 0.3) is 0 Å². The average Bonchev–Trinajstić information content (AvgIpc) is 3.57. The van der Waals surface area contributed by atoms with Crippen LogP contribution in [-0.4, -0.2) is 42.0 Å². The molecular weight excluding hydrogens is 482 g/mol. The van der Waals surface area contributed by atoms with Crippen molar-refractivity contribution in [2.45, 2.75) is 50.9 Å². The summed E-state index contributed by atoms with van der Waals surface area (Å²) in [6, 6.07) is 18.4. The lowest BCUT2D eigenvalue weighted by atomic mass is 10.1. The fourth-order valence-corrected chi connectivity index (χ4v) is 5.29. The van der Waals surface area contributed by atoms with E-state index in [0.29, 0.717) is 12.5 Å². The minimum atomic E-state index is -1.19. The van der Waals surface area contributed by atoms with Crippen LogP contribution in [-0.2, 0) is 23.3 Å². The van der Waals surface area contributed by atoms with Crippen LogP contribution in [0.2, 0.25) is 25.7 Å². The van der Waals surface area contributed by atoms with E-state index in [1.165, 1.54) is 0 Å². The zero-order valence-corrected chi connectivity index (χ0v) is 23.2. The van der Waals surface area contributed by atoms with Crippen LogP contribution >= 0.6 is 0 Å². The Balaban J connectivity index is 1.62. The normalized spacial score (nSPS) is 17.3. The van der Waals surface area contributed by atoms with Crippen molar-refractivity contribution in [1.82, 2.24) is 14.1 Å². The van der Waals surface area contributed by atoms with E-state index >= 15 is 0 Å². The molecule has 2 atom stereocenters. The van der Waals surface area contributed by atoms with Crippen LogP contribution in [0.4, 0.5) is 0 Å². The molecular formula is C29H35N3O4Si. The van der Waals surface area contributed by atoms with Crippen LogP contribution in [0, 0.1) is 0 Å². The van der Waals surface area contributed by atoms with Gasteiger partial charge in [-0.15, -0.1) is 0 Å². The molecule has 0 amide bonds. The first-order valence-electron chi connectivity index (χ1n) is 12.8. The van der Waals surface area contributed by atoms with Gasteiger partial charge in [-0.2, -0.15) is 0 Å². The summed E-state index contributed by atoms with van der Waals surface area (Å²) in [5, 5.41) is 0. The molecule has 0 bridgehead atoms. The molecule has 2 heterocycles. The second kappa shape index (κ2) is 10.3. The molecule has 37 heavy (non-hydrogen) atoms. The molecule has 2 aromatic carbocycles. The lowest BCUT2D eigenvalue weighted by molar-refractivity contribution is 0.0870. The van der Waals surface area contributed by atoms with E-state index < -0.39 is 8.07 Å². The topological polar surface area (TPSA) is 67.5 Å².